The van der Waals surface area contributed by atoms with Crippen molar-refractivity contribution in [2.45, 2.75) is 25.4 Å². The third kappa shape index (κ3) is 5.67. The lowest BCUT2D eigenvalue weighted by atomic mass is 10.2. The molecule has 1 saturated carbocycles. The van der Waals surface area contributed by atoms with E-state index in [-0.39, 0.29) is 22.6 Å². The number of anilines is 1. The first kappa shape index (κ1) is 28.8. The predicted octanol–water partition coefficient (Wildman–Crippen LogP) is 5.42. The second kappa shape index (κ2) is 11.5. The van der Waals surface area contributed by atoms with E-state index in [1.54, 1.807) is 43.0 Å². The van der Waals surface area contributed by atoms with Gasteiger partial charge in [0.15, 0.2) is 11.6 Å². The molecule has 7 rings (SSSR count). The minimum Gasteiger partial charge on any atom is -0.478 e. The minimum absolute atomic E-state index is 0.0227. The lowest BCUT2D eigenvalue weighted by Gasteiger charge is -2.32. The fraction of sp³-hybridized carbons (Fsp3) is 0.265. The van der Waals surface area contributed by atoms with Gasteiger partial charge in [0.2, 0.25) is 0 Å². The van der Waals surface area contributed by atoms with Crippen LogP contribution in [0.5, 0.6) is 17.2 Å². The number of nitrogens with one attached hydrogen (secondary N) is 1. The number of halogens is 1. The summed E-state index contributed by atoms with van der Waals surface area (Å²) in [4.78, 5) is 33.1. The van der Waals surface area contributed by atoms with Gasteiger partial charge in [0, 0.05) is 49.5 Å². The van der Waals surface area contributed by atoms with Gasteiger partial charge in [-0.2, -0.15) is 0 Å². The molecule has 2 aromatic heterocycles. The van der Waals surface area contributed by atoms with E-state index in [2.05, 4.69) is 15.2 Å². The molecule has 45 heavy (non-hydrogen) atoms. The van der Waals surface area contributed by atoms with E-state index in [9.17, 15) is 9.59 Å². The molecule has 2 aliphatic rings. The molecule has 230 valence electrons. The Labute approximate surface area is 258 Å². The molecule has 1 N–H and O–H groups in total. The molecule has 1 spiro atoms. The van der Waals surface area contributed by atoms with Crippen LogP contribution < -0.4 is 20.3 Å². The third-order valence-corrected chi connectivity index (χ3v) is 8.41. The number of hydrogen-bond donors (Lipinski definition) is 1. The van der Waals surface area contributed by atoms with Crippen LogP contribution in [0.4, 0.5) is 10.1 Å². The third-order valence-electron chi connectivity index (χ3n) is 8.41. The summed E-state index contributed by atoms with van der Waals surface area (Å²) in [6.45, 7) is 4.59. The first-order valence-electron chi connectivity index (χ1n) is 14.8. The van der Waals surface area contributed by atoms with Crippen molar-refractivity contribution in [1.29, 1.82) is 0 Å². The second-order valence-corrected chi connectivity index (χ2v) is 11.5. The maximum absolute atomic E-state index is 15.2. The van der Waals surface area contributed by atoms with Crippen molar-refractivity contribution in [2.24, 2.45) is 7.05 Å². The molecule has 0 unspecified atom stereocenters. The lowest BCUT2D eigenvalue weighted by Crippen LogP contribution is -2.45. The molecule has 11 heteroatoms. The molecule has 1 aliphatic heterocycles. The van der Waals surface area contributed by atoms with Gasteiger partial charge in [-0.15, -0.1) is 0 Å². The Morgan fingerprint density at radius 1 is 1.07 bits per heavy atom. The van der Waals surface area contributed by atoms with Crippen molar-refractivity contribution in [3.8, 4) is 22.9 Å². The molecular formula is C34H32FN5O5. The highest BCUT2D eigenvalue weighted by atomic mass is 19.1. The highest BCUT2D eigenvalue weighted by Gasteiger charge is 2.47. The number of morpholine rings is 1. The van der Waals surface area contributed by atoms with Crippen LogP contribution in [0, 0.1) is 12.7 Å². The molecule has 3 aromatic carbocycles. The van der Waals surface area contributed by atoms with Crippen LogP contribution in [0.25, 0.3) is 16.6 Å². The molecule has 2 fully saturated rings. The number of fused-ring (bicyclic) bond motifs is 1. The quantitative estimate of drug-likeness (QED) is 0.251. The number of benzene rings is 3. The molecule has 1 amide bonds. The van der Waals surface area contributed by atoms with Gasteiger partial charge in [0.1, 0.15) is 23.8 Å². The van der Waals surface area contributed by atoms with E-state index in [0.29, 0.717) is 40.5 Å². The molecule has 1 saturated heterocycles. The van der Waals surface area contributed by atoms with Crippen LogP contribution in [0.15, 0.2) is 83.8 Å². The van der Waals surface area contributed by atoms with Crippen molar-refractivity contribution in [1.82, 2.24) is 19.2 Å². The summed E-state index contributed by atoms with van der Waals surface area (Å²) >= 11 is 0. The highest BCUT2D eigenvalue weighted by Crippen LogP contribution is 2.42. The van der Waals surface area contributed by atoms with Gasteiger partial charge in [-0.05, 0) is 62.2 Å². The van der Waals surface area contributed by atoms with Crippen molar-refractivity contribution in [3.05, 3.63) is 106 Å². The van der Waals surface area contributed by atoms with Crippen LogP contribution in [0.2, 0.25) is 0 Å². The van der Waals surface area contributed by atoms with Crippen LogP contribution >= 0.6 is 0 Å². The van der Waals surface area contributed by atoms with Gasteiger partial charge in [-0.3, -0.25) is 24.2 Å². The van der Waals surface area contributed by atoms with Crippen molar-refractivity contribution < 1.29 is 23.4 Å². The Morgan fingerprint density at radius 2 is 1.89 bits per heavy atom. The zero-order valence-corrected chi connectivity index (χ0v) is 25.0. The van der Waals surface area contributed by atoms with Gasteiger partial charge in [0.25, 0.3) is 11.5 Å². The van der Waals surface area contributed by atoms with E-state index in [1.165, 1.54) is 16.8 Å². The number of nitrogens with zero attached hydrogens (tertiary/aromatic N) is 4. The molecular weight excluding hydrogens is 577 g/mol. The van der Waals surface area contributed by atoms with E-state index >= 15 is 4.39 Å². The lowest BCUT2D eigenvalue weighted by molar-refractivity contribution is -0.0651. The van der Waals surface area contributed by atoms with Crippen molar-refractivity contribution in [3.63, 3.8) is 0 Å². The fourth-order valence-electron chi connectivity index (χ4n) is 5.73. The fourth-order valence-corrected chi connectivity index (χ4v) is 5.73. The minimum atomic E-state index is -0.678. The average molecular weight is 610 g/mol. The summed E-state index contributed by atoms with van der Waals surface area (Å²) in [5, 5.41) is 3.34. The molecule has 0 atom stereocenters. The van der Waals surface area contributed by atoms with Gasteiger partial charge in [-0.1, -0.05) is 18.2 Å². The topological polar surface area (TPSA) is 99.9 Å². The summed E-state index contributed by atoms with van der Waals surface area (Å²) in [6, 6.07) is 20.3. The Balaban J connectivity index is 1.04. The van der Waals surface area contributed by atoms with E-state index in [0.717, 1.165) is 38.6 Å². The molecule has 0 bridgehead atoms. The number of ether oxygens (including phenoxy) is 3. The summed E-state index contributed by atoms with van der Waals surface area (Å²) < 4.78 is 36.2. The molecule has 0 radical (unpaired) electrons. The van der Waals surface area contributed by atoms with Crippen molar-refractivity contribution in [2.75, 3.05) is 31.7 Å². The molecule has 10 nitrogen and oxygen atoms in total. The normalized spacial score (nSPS) is 15.7. The number of para-hydroxylation sites is 1. The Hall–Kier alpha value is -5.00. The number of carbonyl (C=O) groups excluding carboxylic acids is 1. The number of pyridine rings is 1. The van der Waals surface area contributed by atoms with Gasteiger partial charge < -0.3 is 19.5 Å². The first-order valence-corrected chi connectivity index (χ1v) is 14.8. The predicted molar refractivity (Wildman–Crippen MR) is 167 cm³/mol. The van der Waals surface area contributed by atoms with E-state index < -0.39 is 17.3 Å². The number of carbonyl (C=O) groups is 1. The van der Waals surface area contributed by atoms with Gasteiger partial charge >= 0.3 is 0 Å². The summed E-state index contributed by atoms with van der Waals surface area (Å²) in [6.07, 6.45) is 3.81. The van der Waals surface area contributed by atoms with Crippen LogP contribution in [0.1, 0.15) is 28.9 Å². The van der Waals surface area contributed by atoms with Crippen LogP contribution in [-0.4, -0.2) is 57.2 Å². The monoisotopic (exact) mass is 609 g/mol. The molecule has 3 heterocycles. The summed E-state index contributed by atoms with van der Waals surface area (Å²) in [5.74, 6) is -0.228. The molecule has 5 aromatic rings. The standard InChI is InChI=1S/C34H32FN5O5/c1-22-31(33(42)40(38(22)2)24-6-4-3-5-7-24)32(41)37-23-8-11-30(27(35)18-23)45-29-12-15-36-28-19-25(9-10-26(28)29)43-21-39-16-17-44-34(20-39)13-14-34/h3-12,15,18-19H,13-14,16-17,20-21H2,1-2H3,(H,37,41). The number of rotatable bonds is 8. The summed E-state index contributed by atoms with van der Waals surface area (Å²) in [5.41, 5.74) is 1.49. The zero-order chi connectivity index (χ0) is 31.1. The zero-order valence-electron chi connectivity index (χ0n) is 25.0. The average Bonchev–Trinajstić information content (AvgIpc) is 3.74. The highest BCUT2D eigenvalue weighted by molar-refractivity contribution is 6.05. The second-order valence-electron chi connectivity index (χ2n) is 11.5. The Bertz CT molecular complexity index is 1970. The first-order chi connectivity index (χ1) is 21.8. The van der Waals surface area contributed by atoms with E-state index in [4.69, 9.17) is 14.2 Å². The SMILES string of the molecule is Cc1c(C(=O)Nc2ccc(Oc3ccnc4cc(OCN5CCOC6(CC6)C5)ccc34)c(F)c2)c(=O)n(-c2ccccc2)n1C. The number of amides is 1. The maximum atomic E-state index is 15.2. The molecule has 1 aliphatic carbocycles. The maximum Gasteiger partial charge on any atom is 0.284 e. The van der Waals surface area contributed by atoms with Gasteiger partial charge in [-0.25, -0.2) is 9.07 Å². The number of hydrogen-bond acceptors (Lipinski definition) is 7. The van der Waals surface area contributed by atoms with E-state index in [1.807, 2.05) is 36.4 Å². The number of aromatic nitrogens is 3. The van der Waals surface area contributed by atoms with Crippen LogP contribution in [-0.2, 0) is 11.8 Å². The summed E-state index contributed by atoms with van der Waals surface area (Å²) in [7, 11) is 1.71. The smallest absolute Gasteiger partial charge is 0.284 e. The van der Waals surface area contributed by atoms with Crippen molar-refractivity contribution >= 4 is 22.5 Å². The Morgan fingerprint density at radius 3 is 2.67 bits per heavy atom. The van der Waals surface area contributed by atoms with Gasteiger partial charge in [0.05, 0.1) is 29.1 Å². The van der Waals surface area contributed by atoms with Crippen LogP contribution in [0.3, 0.4) is 0 Å². The largest absolute Gasteiger partial charge is 0.478 e. The Kier molecular flexibility index (Phi) is 7.34.